The van der Waals surface area contributed by atoms with Crippen LogP contribution < -0.4 is 16.0 Å². The zero-order valence-electron chi connectivity index (χ0n) is 10.3. The number of carbonyl (C=O) groups excluding carboxylic acids is 1. The van der Waals surface area contributed by atoms with Gasteiger partial charge in [-0.05, 0) is 19.1 Å². The Morgan fingerprint density at radius 2 is 2.26 bits per heavy atom. The van der Waals surface area contributed by atoms with Crippen LogP contribution in [0.15, 0.2) is 12.1 Å². The zero-order valence-corrected chi connectivity index (χ0v) is 11.1. The maximum absolute atomic E-state index is 11.7. The second kappa shape index (κ2) is 4.97. The molecule has 0 aliphatic carbocycles. The molecule has 0 radical (unpaired) electrons. The highest BCUT2D eigenvalue weighted by Gasteiger charge is 2.30. The first-order chi connectivity index (χ1) is 8.91. The number of benzene rings is 1. The summed E-state index contributed by atoms with van der Waals surface area (Å²) in [6.07, 6.45) is 0. The molecule has 2 rings (SSSR count). The van der Waals surface area contributed by atoms with E-state index in [1.807, 2.05) is 0 Å². The Morgan fingerprint density at radius 1 is 1.58 bits per heavy atom. The molecule has 1 aromatic carbocycles. The SMILES string of the molecule is CC1C(=O)NCCN1c1c(Cl)cc(N)cc1C(=O)O. The van der Waals surface area contributed by atoms with Gasteiger partial charge in [0.15, 0.2) is 0 Å². The lowest BCUT2D eigenvalue weighted by molar-refractivity contribution is -0.122. The van der Waals surface area contributed by atoms with E-state index in [2.05, 4.69) is 5.32 Å². The Kier molecular flexibility index (Phi) is 3.53. The van der Waals surface area contributed by atoms with Crippen LogP contribution in [-0.4, -0.2) is 36.1 Å². The second-order valence-electron chi connectivity index (χ2n) is 4.36. The number of nitrogens with two attached hydrogens (primary N) is 1. The number of hydrogen-bond acceptors (Lipinski definition) is 4. The van der Waals surface area contributed by atoms with Crippen LogP contribution in [0.5, 0.6) is 0 Å². The fraction of sp³-hybridized carbons (Fsp3) is 0.333. The minimum Gasteiger partial charge on any atom is -0.478 e. The summed E-state index contributed by atoms with van der Waals surface area (Å²) < 4.78 is 0. The van der Waals surface area contributed by atoms with E-state index in [0.29, 0.717) is 18.8 Å². The number of nitrogen functional groups attached to an aromatic ring is 1. The van der Waals surface area contributed by atoms with Crippen molar-refractivity contribution in [2.24, 2.45) is 0 Å². The third-order valence-electron chi connectivity index (χ3n) is 3.10. The molecule has 6 nitrogen and oxygen atoms in total. The van der Waals surface area contributed by atoms with Crippen molar-refractivity contribution >= 4 is 34.9 Å². The number of hydrogen-bond donors (Lipinski definition) is 3. The molecule has 102 valence electrons. The molecule has 1 amide bonds. The highest BCUT2D eigenvalue weighted by molar-refractivity contribution is 6.34. The first-order valence-corrected chi connectivity index (χ1v) is 6.16. The van der Waals surface area contributed by atoms with Crippen LogP contribution in [0.2, 0.25) is 5.02 Å². The van der Waals surface area contributed by atoms with E-state index in [1.54, 1.807) is 11.8 Å². The molecule has 1 fully saturated rings. The van der Waals surface area contributed by atoms with E-state index in [0.717, 1.165) is 0 Å². The highest BCUT2D eigenvalue weighted by atomic mass is 35.5. The number of nitrogens with one attached hydrogen (secondary N) is 1. The van der Waals surface area contributed by atoms with E-state index in [-0.39, 0.29) is 22.2 Å². The number of carboxylic acid groups (broad SMARTS) is 1. The quantitative estimate of drug-likeness (QED) is 0.702. The van der Waals surface area contributed by atoms with Gasteiger partial charge in [-0.15, -0.1) is 0 Å². The first kappa shape index (κ1) is 13.5. The number of halogens is 1. The van der Waals surface area contributed by atoms with Crippen LogP contribution in [0.4, 0.5) is 11.4 Å². The molecule has 0 bridgehead atoms. The Balaban J connectivity index is 2.54. The summed E-state index contributed by atoms with van der Waals surface area (Å²) in [7, 11) is 0. The van der Waals surface area contributed by atoms with Crippen molar-refractivity contribution < 1.29 is 14.7 Å². The van der Waals surface area contributed by atoms with Crippen molar-refractivity contribution in [1.29, 1.82) is 0 Å². The Morgan fingerprint density at radius 3 is 2.89 bits per heavy atom. The predicted molar refractivity (Wildman–Crippen MR) is 72.6 cm³/mol. The van der Waals surface area contributed by atoms with Gasteiger partial charge in [-0.2, -0.15) is 0 Å². The monoisotopic (exact) mass is 283 g/mol. The normalized spacial score (nSPS) is 19.2. The maximum atomic E-state index is 11.7. The standard InChI is InChI=1S/C12H14ClN3O3/c1-6-11(17)15-2-3-16(6)10-8(12(18)19)4-7(14)5-9(10)13/h4-6H,2-3,14H2,1H3,(H,15,17)(H,18,19). The van der Waals surface area contributed by atoms with E-state index < -0.39 is 12.0 Å². The molecule has 19 heavy (non-hydrogen) atoms. The molecular weight excluding hydrogens is 270 g/mol. The van der Waals surface area contributed by atoms with Crippen molar-refractivity contribution in [3.8, 4) is 0 Å². The molecule has 1 unspecified atom stereocenters. The van der Waals surface area contributed by atoms with Crippen molar-refractivity contribution in [2.75, 3.05) is 23.7 Å². The summed E-state index contributed by atoms with van der Waals surface area (Å²) >= 11 is 6.11. The van der Waals surface area contributed by atoms with Gasteiger partial charge in [0, 0.05) is 18.8 Å². The number of amides is 1. The van der Waals surface area contributed by atoms with Crippen LogP contribution in [-0.2, 0) is 4.79 Å². The number of piperazine rings is 1. The van der Waals surface area contributed by atoms with Gasteiger partial charge in [-0.1, -0.05) is 11.6 Å². The smallest absolute Gasteiger partial charge is 0.337 e. The number of anilines is 2. The third kappa shape index (κ3) is 2.44. The zero-order chi connectivity index (χ0) is 14.2. The Labute approximate surface area is 115 Å². The van der Waals surface area contributed by atoms with Crippen LogP contribution in [0.1, 0.15) is 17.3 Å². The van der Waals surface area contributed by atoms with Crippen molar-refractivity contribution in [3.63, 3.8) is 0 Å². The molecule has 0 spiro atoms. The summed E-state index contributed by atoms with van der Waals surface area (Å²) in [6.45, 7) is 2.65. The Bertz CT molecular complexity index is 547. The minimum absolute atomic E-state index is 0.00606. The fourth-order valence-corrected chi connectivity index (χ4v) is 2.50. The van der Waals surface area contributed by atoms with E-state index in [9.17, 15) is 14.7 Å². The number of rotatable bonds is 2. The molecule has 1 aromatic rings. The lowest BCUT2D eigenvalue weighted by Gasteiger charge is -2.36. The van der Waals surface area contributed by atoms with Crippen molar-refractivity contribution in [1.82, 2.24) is 5.32 Å². The van der Waals surface area contributed by atoms with Gasteiger partial charge >= 0.3 is 5.97 Å². The highest BCUT2D eigenvalue weighted by Crippen LogP contribution is 2.34. The van der Waals surface area contributed by atoms with Gasteiger partial charge < -0.3 is 21.1 Å². The predicted octanol–water partition coefficient (Wildman–Crippen LogP) is 0.945. The largest absolute Gasteiger partial charge is 0.478 e. The van der Waals surface area contributed by atoms with E-state index in [4.69, 9.17) is 17.3 Å². The van der Waals surface area contributed by atoms with Crippen LogP contribution >= 0.6 is 11.6 Å². The molecule has 1 heterocycles. The maximum Gasteiger partial charge on any atom is 0.337 e. The summed E-state index contributed by atoms with van der Waals surface area (Å²) in [5.74, 6) is -1.28. The average Bonchev–Trinajstić information content (AvgIpc) is 2.32. The van der Waals surface area contributed by atoms with Crippen LogP contribution in [0.3, 0.4) is 0 Å². The van der Waals surface area contributed by atoms with Gasteiger partial charge in [0.2, 0.25) is 5.91 Å². The lowest BCUT2D eigenvalue weighted by Crippen LogP contribution is -2.54. The van der Waals surface area contributed by atoms with Crippen molar-refractivity contribution in [2.45, 2.75) is 13.0 Å². The topological polar surface area (TPSA) is 95.7 Å². The first-order valence-electron chi connectivity index (χ1n) is 5.78. The van der Waals surface area contributed by atoms with Gasteiger partial charge in [-0.25, -0.2) is 4.79 Å². The van der Waals surface area contributed by atoms with E-state index in [1.165, 1.54) is 12.1 Å². The molecule has 4 N–H and O–H groups in total. The molecule has 1 aliphatic heterocycles. The average molecular weight is 284 g/mol. The third-order valence-corrected chi connectivity index (χ3v) is 3.39. The minimum atomic E-state index is -1.12. The van der Waals surface area contributed by atoms with Crippen LogP contribution in [0.25, 0.3) is 0 Å². The van der Waals surface area contributed by atoms with Crippen molar-refractivity contribution in [3.05, 3.63) is 22.7 Å². The summed E-state index contributed by atoms with van der Waals surface area (Å²) in [5, 5.41) is 12.2. The van der Waals surface area contributed by atoms with Gasteiger partial charge in [-0.3, -0.25) is 4.79 Å². The van der Waals surface area contributed by atoms with Gasteiger partial charge in [0.05, 0.1) is 16.3 Å². The summed E-state index contributed by atoms with van der Waals surface area (Å²) in [4.78, 5) is 24.7. The lowest BCUT2D eigenvalue weighted by atomic mass is 10.1. The fourth-order valence-electron chi connectivity index (χ4n) is 2.16. The summed E-state index contributed by atoms with van der Waals surface area (Å²) in [6, 6.07) is 2.36. The number of carbonyl (C=O) groups is 2. The number of carboxylic acids is 1. The second-order valence-corrected chi connectivity index (χ2v) is 4.77. The molecular formula is C12H14ClN3O3. The van der Waals surface area contributed by atoms with E-state index >= 15 is 0 Å². The molecule has 1 aliphatic rings. The molecule has 0 aromatic heterocycles. The molecule has 1 saturated heterocycles. The number of nitrogens with zero attached hydrogens (tertiary/aromatic N) is 1. The van der Waals surface area contributed by atoms with Gasteiger partial charge in [0.1, 0.15) is 6.04 Å². The number of aromatic carboxylic acids is 1. The van der Waals surface area contributed by atoms with Gasteiger partial charge in [0.25, 0.3) is 0 Å². The summed E-state index contributed by atoms with van der Waals surface area (Å²) in [5.41, 5.74) is 6.23. The van der Waals surface area contributed by atoms with Crippen LogP contribution in [0, 0.1) is 0 Å². The molecule has 0 saturated carbocycles. The molecule has 1 atom stereocenters. The Hall–Kier alpha value is -1.95. The molecule has 7 heteroatoms.